The molecule has 0 saturated heterocycles. The predicted octanol–water partition coefficient (Wildman–Crippen LogP) is 4.93. The summed E-state index contributed by atoms with van der Waals surface area (Å²) in [6.07, 6.45) is 0. The van der Waals surface area contributed by atoms with Gasteiger partial charge in [-0.1, -0.05) is 73.3 Å². The van der Waals surface area contributed by atoms with Gasteiger partial charge in [0.1, 0.15) is 5.82 Å². The number of benzene rings is 3. The van der Waals surface area contributed by atoms with Crippen molar-refractivity contribution >= 4 is 17.7 Å². The van der Waals surface area contributed by atoms with Gasteiger partial charge in [0.2, 0.25) is 5.91 Å². The molecule has 0 aliphatic carbocycles. The summed E-state index contributed by atoms with van der Waals surface area (Å²) in [6.45, 7) is 4.42. The Hall–Kier alpha value is -3.49. The van der Waals surface area contributed by atoms with E-state index < -0.39 is 0 Å². The van der Waals surface area contributed by atoms with E-state index in [2.05, 4.69) is 46.5 Å². The second-order valence-electron chi connectivity index (χ2n) is 8.17. The normalized spacial score (nSPS) is 11.1. The van der Waals surface area contributed by atoms with Crippen molar-refractivity contribution in [3.8, 4) is 17.1 Å². The summed E-state index contributed by atoms with van der Waals surface area (Å²) in [5.74, 6) is 0.0754. The minimum Gasteiger partial charge on any atom is -0.351 e. The second-order valence-corrected chi connectivity index (χ2v) is 9.12. The average Bonchev–Trinajstić information content (AvgIpc) is 3.31. The Balaban J connectivity index is 1.45. The van der Waals surface area contributed by atoms with Crippen LogP contribution in [0.5, 0.6) is 0 Å². The number of para-hydroxylation sites is 1. The van der Waals surface area contributed by atoms with Crippen LogP contribution in [0.25, 0.3) is 17.1 Å². The fourth-order valence-corrected chi connectivity index (χ4v) is 4.42. The van der Waals surface area contributed by atoms with Gasteiger partial charge in [0.15, 0.2) is 11.0 Å². The summed E-state index contributed by atoms with van der Waals surface area (Å²) in [5, 5.41) is 12.0. The van der Waals surface area contributed by atoms with Gasteiger partial charge >= 0.3 is 0 Å². The fourth-order valence-electron chi connectivity index (χ4n) is 3.63. The maximum atomic E-state index is 14.5. The molecule has 0 radical (unpaired) electrons. The first kappa shape index (κ1) is 24.6. The first-order chi connectivity index (χ1) is 17.0. The van der Waals surface area contributed by atoms with Crippen molar-refractivity contribution in [2.75, 3.05) is 19.3 Å². The molecule has 0 spiro atoms. The zero-order chi connectivity index (χ0) is 24.6. The Morgan fingerprint density at radius 3 is 2.51 bits per heavy atom. The Bertz CT molecular complexity index is 1280. The molecule has 1 amide bonds. The Morgan fingerprint density at radius 2 is 1.74 bits per heavy atom. The minimum absolute atomic E-state index is 0.110. The zero-order valence-electron chi connectivity index (χ0n) is 19.8. The maximum Gasteiger partial charge on any atom is 0.230 e. The molecule has 180 valence electrons. The predicted molar refractivity (Wildman–Crippen MR) is 138 cm³/mol. The van der Waals surface area contributed by atoms with E-state index in [0.717, 1.165) is 24.3 Å². The molecule has 8 heteroatoms. The highest BCUT2D eigenvalue weighted by molar-refractivity contribution is 7.99. The van der Waals surface area contributed by atoms with Gasteiger partial charge in [-0.05, 0) is 49.0 Å². The molecule has 6 nitrogen and oxygen atoms in total. The third kappa shape index (κ3) is 6.35. The standard InChI is InChI=1S/C27H28FN5OS/c1-3-32(2)18-21-11-9-10-20(16-21)17-29-25(34)19-35-27-31-30-26(23-14-7-8-15-24(23)28)33(27)22-12-5-4-6-13-22/h4-16H,3,17-19H2,1-2H3,(H,29,34). The van der Waals surface area contributed by atoms with Crippen LogP contribution in [0.4, 0.5) is 4.39 Å². The minimum atomic E-state index is -0.376. The molecular formula is C27H28FN5OS. The van der Waals surface area contributed by atoms with Crippen molar-refractivity contribution in [1.82, 2.24) is 25.0 Å². The quantitative estimate of drug-likeness (QED) is 0.320. The zero-order valence-corrected chi connectivity index (χ0v) is 20.6. The topological polar surface area (TPSA) is 63.1 Å². The number of hydrogen-bond acceptors (Lipinski definition) is 5. The van der Waals surface area contributed by atoms with Crippen molar-refractivity contribution in [3.63, 3.8) is 0 Å². The molecular weight excluding hydrogens is 461 g/mol. The molecule has 4 aromatic rings. The Labute approximate surface area is 209 Å². The van der Waals surface area contributed by atoms with Crippen molar-refractivity contribution < 1.29 is 9.18 Å². The lowest BCUT2D eigenvalue weighted by atomic mass is 10.1. The molecule has 0 aliphatic rings. The highest BCUT2D eigenvalue weighted by atomic mass is 32.2. The lowest BCUT2D eigenvalue weighted by Crippen LogP contribution is -2.25. The molecule has 0 fully saturated rings. The fraction of sp³-hybridized carbons (Fsp3) is 0.222. The van der Waals surface area contributed by atoms with E-state index in [0.29, 0.717) is 23.1 Å². The molecule has 1 heterocycles. The molecule has 0 aliphatic heterocycles. The number of carbonyl (C=O) groups is 1. The van der Waals surface area contributed by atoms with Gasteiger partial charge < -0.3 is 10.2 Å². The molecule has 35 heavy (non-hydrogen) atoms. The average molecular weight is 490 g/mol. The van der Waals surface area contributed by atoms with E-state index >= 15 is 0 Å². The number of halogens is 1. The molecule has 0 atom stereocenters. The highest BCUT2D eigenvalue weighted by Crippen LogP contribution is 2.29. The van der Waals surface area contributed by atoms with E-state index in [1.807, 2.05) is 42.5 Å². The van der Waals surface area contributed by atoms with Gasteiger partial charge in [0.25, 0.3) is 0 Å². The molecule has 4 rings (SSSR count). The van der Waals surface area contributed by atoms with E-state index in [9.17, 15) is 9.18 Å². The van der Waals surface area contributed by atoms with Gasteiger partial charge in [-0.2, -0.15) is 0 Å². The van der Waals surface area contributed by atoms with Gasteiger partial charge in [0, 0.05) is 18.8 Å². The van der Waals surface area contributed by atoms with Gasteiger partial charge in [0.05, 0.1) is 11.3 Å². The molecule has 0 saturated carbocycles. The van der Waals surface area contributed by atoms with Gasteiger partial charge in [-0.3, -0.25) is 9.36 Å². The van der Waals surface area contributed by atoms with E-state index in [4.69, 9.17) is 0 Å². The number of rotatable bonds is 10. The van der Waals surface area contributed by atoms with Crippen LogP contribution in [-0.4, -0.2) is 44.9 Å². The summed E-state index contributed by atoms with van der Waals surface area (Å²) in [5.41, 5.74) is 3.42. The van der Waals surface area contributed by atoms with Crippen molar-refractivity contribution in [3.05, 3.63) is 95.8 Å². The second kappa shape index (κ2) is 11.8. The van der Waals surface area contributed by atoms with Crippen molar-refractivity contribution in [1.29, 1.82) is 0 Å². The molecule has 0 bridgehead atoms. The molecule has 1 aromatic heterocycles. The Kier molecular flexibility index (Phi) is 8.28. The largest absolute Gasteiger partial charge is 0.351 e. The first-order valence-electron chi connectivity index (χ1n) is 11.5. The van der Waals surface area contributed by atoms with Gasteiger partial charge in [-0.25, -0.2) is 4.39 Å². The van der Waals surface area contributed by atoms with Crippen LogP contribution >= 0.6 is 11.8 Å². The first-order valence-corrected chi connectivity index (χ1v) is 12.4. The van der Waals surface area contributed by atoms with Crippen LogP contribution < -0.4 is 5.32 Å². The van der Waals surface area contributed by atoms with Crippen LogP contribution in [0.2, 0.25) is 0 Å². The van der Waals surface area contributed by atoms with Crippen LogP contribution in [0, 0.1) is 5.82 Å². The van der Waals surface area contributed by atoms with E-state index in [-0.39, 0.29) is 17.5 Å². The van der Waals surface area contributed by atoms with E-state index in [1.54, 1.807) is 22.8 Å². The summed E-state index contributed by atoms with van der Waals surface area (Å²) >= 11 is 1.27. The number of carbonyl (C=O) groups excluding carboxylic acids is 1. The summed E-state index contributed by atoms with van der Waals surface area (Å²) in [6, 6.07) is 24.2. The van der Waals surface area contributed by atoms with Crippen molar-refractivity contribution in [2.24, 2.45) is 0 Å². The van der Waals surface area contributed by atoms with Crippen LogP contribution in [0.1, 0.15) is 18.1 Å². The third-order valence-corrected chi connectivity index (χ3v) is 6.50. The molecule has 3 aromatic carbocycles. The van der Waals surface area contributed by atoms with Crippen LogP contribution in [-0.2, 0) is 17.9 Å². The molecule has 1 N–H and O–H groups in total. The Morgan fingerprint density at radius 1 is 1.00 bits per heavy atom. The van der Waals surface area contributed by atoms with Crippen LogP contribution in [0.15, 0.2) is 84.0 Å². The van der Waals surface area contributed by atoms with Gasteiger partial charge in [-0.15, -0.1) is 10.2 Å². The van der Waals surface area contributed by atoms with E-state index in [1.165, 1.54) is 23.4 Å². The number of amides is 1. The molecule has 0 unspecified atom stereocenters. The smallest absolute Gasteiger partial charge is 0.230 e. The number of aromatic nitrogens is 3. The lowest BCUT2D eigenvalue weighted by Gasteiger charge is -2.14. The lowest BCUT2D eigenvalue weighted by molar-refractivity contribution is -0.118. The highest BCUT2D eigenvalue weighted by Gasteiger charge is 2.19. The monoisotopic (exact) mass is 489 g/mol. The number of hydrogen-bond donors (Lipinski definition) is 1. The van der Waals surface area contributed by atoms with Crippen LogP contribution in [0.3, 0.4) is 0 Å². The summed E-state index contributed by atoms with van der Waals surface area (Å²) in [7, 11) is 2.08. The summed E-state index contributed by atoms with van der Waals surface area (Å²) in [4.78, 5) is 14.8. The third-order valence-electron chi connectivity index (χ3n) is 5.57. The number of thioether (sulfide) groups is 1. The maximum absolute atomic E-state index is 14.5. The number of nitrogens with one attached hydrogen (secondary N) is 1. The van der Waals surface area contributed by atoms with Crippen molar-refractivity contribution in [2.45, 2.75) is 25.2 Å². The number of nitrogens with zero attached hydrogens (tertiary/aromatic N) is 4. The summed E-state index contributed by atoms with van der Waals surface area (Å²) < 4.78 is 16.3. The SMILES string of the molecule is CCN(C)Cc1cccc(CNC(=O)CSc2nnc(-c3ccccc3F)n2-c2ccccc2)c1.